The van der Waals surface area contributed by atoms with Gasteiger partial charge >= 0.3 is 0 Å². The fourth-order valence-corrected chi connectivity index (χ4v) is 3.19. The van der Waals surface area contributed by atoms with Crippen LogP contribution in [0.25, 0.3) is 0 Å². The Morgan fingerprint density at radius 1 is 1.05 bits per heavy atom. The number of aryl methyl sites for hydroxylation is 1. The van der Waals surface area contributed by atoms with E-state index in [1.165, 1.54) is 23.9 Å². The van der Waals surface area contributed by atoms with Gasteiger partial charge in [-0.3, -0.25) is 0 Å². The van der Waals surface area contributed by atoms with E-state index < -0.39 is 11.6 Å². The van der Waals surface area contributed by atoms with Crippen LogP contribution in [-0.2, 0) is 0 Å². The third-order valence-corrected chi connectivity index (χ3v) is 4.24. The van der Waals surface area contributed by atoms with Crippen molar-refractivity contribution >= 4 is 23.4 Å². The maximum atomic E-state index is 13.9. The minimum atomic E-state index is -0.573. The van der Waals surface area contributed by atoms with Gasteiger partial charge in [0.1, 0.15) is 11.6 Å². The van der Waals surface area contributed by atoms with E-state index >= 15 is 0 Å². The number of thioether (sulfide) groups is 1. The molecule has 100 valence electrons. The van der Waals surface area contributed by atoms with Crippen LogP contribution >= 0.6 is 23.4 Å². The highest BCUT2D eigenvalue weighted by molar-refractivity contribution is 7.99. The van der Waals surface area contributed by atoms with Crippen molar-refractivity contribution in [1.82, 2.24) is 0 Å². The molecular formula is C15H13ClF2S. The first-order valence-corrected chi connectivity index (χ1v) is 7.43. The molecule has 0 radical (unpaired) electrons. The molecule has 4 heteroatoms. The molecule has 0 heterocycles. The van der Waals surface area contributed by atoms with Gasteiger partial charge in [-0.2, -0.15) is 11.8 Å². The molecule has 0 N–H and O–H groups in total. The minimum absolute atomic E-state index is 0.243. The highest BCUT2D eigenvalue weighted by atomic mass is 35.5. The molecule has 1 atom stereocenters. The first kappa shape index (κ1) is 14.4. The third kappa shape index (κ3) is 3.10. The van der Waals surface area contributed by atoms with Gasteiger partial charge in [0, 0.05) is 16.7 Å². The second-order valence-corrected chi connectivity index (χ2v) is 5.66. The maximum Gasteiger partial charge on any atom is 0.130 e. The van der Waals surface area contributed by atoms with Gasteiger partial charge in [0.25, 0.3) is 0 Å². The standard InChI is InChI=1S/C15H13ClF2S/c1-9-3-6-13(16)12(7-9)15(19-2)11-5-4-10(17)8-14(11)18/h3-8,15H,1-2H3. The Balaban J connectivity index is 2.52. The predicted molar refractivity (Wildman–Crippen MR) is 77.9 cm³/mol. The summed E-state index contributed by atoms with van der Waals surface area (Å²) in [7, 11) is 0. The number of hydrogen-bond acceptors (Lipinski definition) is 1. The van der Waals surface area contributed by atoms with E-state index in [1.807, 2.05) is 25.3 Å². The second kappa shape index (κ2) is 5.93. The van der Waals surface area contributed by atoms with Gasteiger partial charge in [-0.1, -0.05) is 35.4 Å². The second-order valence-electron chi connectivity index (χ2n) is 4.31. The summed E-state index contributed by atoms with van der Waals surface area (Å²) in [4.78, 5) is 0. The lowest BCUT2D eigenvalue weighted by Crippen LogP contribution is -2.01. The molecule has 0 aliphatic carbocycles. The molecule has 0 nitrogen and oxygen atoms in total. The highest BCUT2D eigenvalue weighted by Gasteiger charge is 2.20. The van der Waals surface area contributed by atoms with E-state index in [9.17, 15) is 8.78 Å². The molecule has 0 aliphatic heterocycles. The molecule has 0 saturated carbocycles. The van der Waals surface area contributed by atoms with E-state index in [-0.39, 0.29) is 5.25 Å². The molecule has 0 fully saturated rings. The molecule has 0 amide bonds. The van der Waals surface area contributed by atoms with Crippen molar-refractivity contribution < 1.29 is 8.78 Å². The maximum absolute atomic E-state index is 13.9. The zero-order chi connectivity index (χ0) is 14.0. The Morgan fingerprint density at radius 2 is 1.79 bits per heavy atom. The van der Waals surface area contributed by atoms with Crippen LogP contribution in [0.4, 0.5) is 8.78 Å². The van der Waals surface area contributed by atoms with Crippen LogP contribution in [-0.4, -0.2) is 6.26 Å². The fraction of sp³-hybridized carbons (Fsp3) is 0.200. The molecule has 0 spiro atoms. The zero-order valence-corrected chi connectivity index (χ0v) is 12.2. The largest absolute Gasteiger partial charge is 0.207 e. The average molecular weight is 299 g/mol. The molecule has 0 bridgehead atoms. The summed E-state index contributed by atoms with van der Waals surface area (Å²) in [6, 6.07) is 9.30. The first-order chi connectivity index (χ1) is 9.02. The van der Waals surface area contributed by atoms with Crippen LogP contribution in [0.5, 0.6) is 0 Å². The summed E-state index contributed by atoms with van der Waals surface area (Å²) in [6.07, 6.45) is 1.88. The minimum Gasteiger partial charge on any atom is -0.207 e. The average Bonchev–Trinajstić information content (AvgIpc) is 2.36. The lowest BCUT2D eigenvalue weighted by Gasteiger charge is -2.18. The van der Waals surface area contributed by atoms with Crippen LogP contribution in [0.15, 0.2) is 36.4 Å². The normalized spacial score (nSPS) is 12.5. The quantitative estimate of drug-likeness (QED) is 0.733. The molecule has 2 aromatic carbocycles. The van der Waals surface area contributed by atoms with E-state index in [0.29, 0.717) is 10.6 Å². The van der Waals surface area contributed by atoms with Crippen LogP contribution in [0.2, 0.25) is 5.02 Å². The van der Waals surface area contributed by atoms with Crippen molar-refractivity contribution in [1.29, 1.82) is 0 Å². The van der Waals surface area contributed by atoms with Gasteiger partial charge in [-0.25, -0.2) is 8.78 Å². The van der Waals surface area contributed by atoms with Crippen LogP contribution in [0.1, 0.15) is 21.9 Å². The topological polar surface area (TPSA) is 0 Å². The van der Waals surface area contributed by atoms with Gasteiger partial charge in [0.05, 0.1) is 5.25 Å². The number of benzene rings is 2. The lowest BCUT2D eigenvalue weighted by molar-refractivity contribution is 0.574. The van der Waals surface area contributed by atoms with Gasteiger partial charge in [0.15, 0.2) is 0 Å². The Morgan fingerprint density at radius 3 is 2.42 bits per heavy atom. The first-order valence-electron chi connectivity index (χ1n) is 5.76. The molecule has 0 aliphatic rings. The number of hydrogen-bond donors (Lipinski definition) is 0. The van der Waals surface area contributed by atoms with E-state index in [4.69, 9.17) is 11.6 Å². The van der Waals surface area contributed by atoms with Crippen molar-refractivity contribution in [2.45, 2.75) is 12.2 Å². The Bertz CT molecular complexity index is 599. The Hall–Kier alpha value is -1.06. The van der Waals surface area contributed by atoms with Crippen molar-refractivity contribution in [3.05, 3.63) is 69.7 Å². The molecule has 1 unspecified atom stereocenters. The lowest BCUT2D eigenvalue weighted by atomic mass is 10.0. The van der Waals surface area contributed by atoms with Crippen LogP contribution < -0.4 is 0 Å². The van der Waals surface area contributed by atoms with Gasteiger partial charge in [-0.05, 0) is 30.9 Å². The molecule has 0 aromatic heterocycles. The van der Waals surface area contributed by atoms with E-state index in [0.717, 1.165) is 17.2 Å². The van der Waals surface area contributed by atoms with Crippen molar-refractivity contribution in [3.63, 3.8) is 0 Å². The van der Waals surface area contributed by atoms with E-state index in [2.05, 4.69) is 0 Å². The summed E-state index contributed by atoms with van der Waals surface area (Å²) < 4.78 is 26.9. The number of rotatable bonds is 3. The molecular weight excluding hydrogens is 286 g/mol. The summed E-state index contributed by atoms with van der Waals surface area (Å²) in [5.41, 5.74) is 2.35. The van der Waals surface area contributed by atoms with Crippen molar-refractivity contribution in [2.24, 2.45) is 0 Å². The smallest absolute Gasteiger partial charge is 0.130 e. The summed E-state index contributed by atoms with van der Waals surface area (Å²) in [6.45, 7) is 1.96. The predicted octanol–water partition coefficient (Wildman–Crippen LogP) is 5.38. The third-order valence-electron chi connectivity index (χ3n) is 2.91. The van der Waals surface area contributed by atoms with Crippen molar-refractivity contribution in [3.8, 4) is 0 Å². The Labute approximate surface area is 120 Å². The number of halogens is 3. The Kier molecular flexibility index (Phi) is 4.48. The van der Waals surface area contributed by atoms with Gasteiger partial charge < -0.3 is 0 Å². The SMILES string of the molecule is CSC(c1ccc(F)cc1F)c1cc(C)ccc1Cl. The summed E-state index contributed by atoms with van der Waals surface area (Å²) in [5.74, 6) is -1.12. The van der Waals surface area contributed by atoms with Crippen molar-refractivity contribution in [2.75, 3.05) is 6.26 Å². The molecule has 19 heavy (non-hydrogen) atoms. The molecule has 0 saturated heterocycles. The summed E-state index contributed by atoms with van der Waals surface area (Å²) in [5, 5.41) is 0.349. The van der Waals surface area contributed by atoms with Gasteiger partial charge in [-0.15, -0.1) is 0 Å². The monoisotopic (exact) mass is 298 g/mol. The van der Waals surface area contributed by atoms with E-state index in [1.54, 1.807) is 6.07 Å². The van der Waals surface area contributed by atoms with Gasteiger partial charge in [0.2, 0.25) is 0 Å². The highest BCUT2D eigenvalue weighted by Crippen LogP contribution is 2.39. The molecule has 2 aromatic rings. The van der Waals surface area contributed by atoms with Crippen LogP contribution in [0.3, 0.4) is 0 Å². The zero-order valence-electron chi connectivity index (χ0n) is 10.6. The van der Waals surface area contributed by atoms with Crippen LogP contribution in [0, 0.1) is 18.6 Å². The summed E-state index contributed by atoms with van der Waals surface area (Å²) >= 11 is 7.67. The molecule has 2 rings (SSSR count). The fourth-order valence-electron chi connectivity index (χ4n) is 2.00.